The van der Waals surface area contributed by atoms with Crippen LogP contribution in [0.15, 0.2) is 6.07 Å². The minimum atomic E-state index is 0.0261. The summed E-state index contributed by atoms with van der Waals surface area (Å²) in [6, 6.07) is 1.84. The summed E-state index contributed by atoms with van der Waals surface area (Å²) in [5, 5.41) is 6.08. The molecule has 1 heterocycles. The van der Waals surface area contributed by atoms with E-state index in [1.54, 1.807) is 0 Å². The predicted molar refractivity (Wildman–Crippen MR) is 81.4 cm³/mol. The molecule has 20 heavy (non-hydrogen) atoms. The van der Waals surface area contributed by atoms with E-state index in [9.17, 15) is 4.79 Å². The molecular formula is C14H25N5O. The standard InChI is InChI=1S/C14H25N5O/c1-10-8-11(19-13(15)18-10)16-6-5-7-17-12(20)9-14(2,3)4/h8H,5-7,9H2,1-4H3,(H,17,20)(H3,15,16,18,19). The van der Waals surface area contributed by atoms with Crippen LogP contribution in [0.25, 0.3) is 0 Å². The van der Waals surface area contributed by atoms with Crippen molar-refractivity contribution in [2.75, 3.05) is 24.1 Å². The number of hydrogen-bond donors (Lipinski definition) is 3. The maximum Gasteiger partial charge on any atom is 0.222 e. The molecule has 0 bridgehead atoms. The van der Waals surface area contributed by atoms with Gasteiger partial charge in [-0.2, -0.15) is 4.98 Å². The molecule has 1 aromatic heterocycles. The minimum absolute atomic E-state index is 0.0261. The SMILES string of the molecule is Cc1cc(NCCCNC(=O)CC(C)(C)C)nc(N)n1. The molecule has 0 saturated carbocycles. The minimum Gasteiger partial charge on any atom is -0.370 e. The van der Waals surface area contributed by atoms with E-state index in [0.29, 0.717) is 13.0 Å². The zero-order valence-electron chi connectivity index (χ0n) is 12.8. The lowest BCUT2D eigenvalue weighted by Gasteiger charge is -2.17. The van der Waals surface area contributed by atoms with E-state index in [0.717, 1.165) is 24.5 Å². The molecule has 0 aliphatic carbocycles. The lowest BCUT2D eigenvalue weighted by molar-refractivity contribution is -0.122. The molecule has 1 amide bonds. The van der Waals surface area contributed by atoms with Gasteiger partial charge in [0.05, 0.1) is 0 Å². The number of carbonyl (C=O) groups is 1. The summed E-state index contributed by atoms with van der Waals surface area (Å²) in [6.07, 6.45) is 1.38. The van der Waals surface area contributed by atoms with Crippen molar-refractivity contribution in [3.8, 4) is 0 Å². The second kappa shape index (κ2) is 7.07. The van der Waals surface area contributed by atoms with Crippen LogP contribution in [0.5, 0.6) is 0 Å². The van der Waals surface area contributed by atoms with Crippen LogP contribution in [0, 0.1) is 12.3 Å². The molecule has 112 valence electrons. The number of aromatic nitrogens is 2. The van der Waals surface area contributed by atoms with E-state index in [2.05, 4.69) is 41.4 Å². The predicted octanol–water partition coefficient (Wildman–Crippen LogP) is 1.72. The molecule has 0 atom stereocenters. The van der Waals surface area contributed by atoms with Crippen molar-refractivity contribution >= 4 is 17.7 Å². The Kier molecular flexibility index (Phi) is 5.73. The van der Waals surface area contributed by atoms with Crippen LogP contribution in [-0.4, -0.2) is 29.0 Å². The third kappa shape index (κ3) is 6.92. The maximum atomic E-state index is 11.6. The summed E-state index contributed by atoms with van der Waals surface area (Å²) >= 11 is 0. The van der Waals surface area contributed by atoms with E-state index in [1.165, 1.54) is 0 Å². The zero-order chi connectivity index (χ0) is 15.2. The largest absolute Gasteiger partial charge is 0.370 e. The Morgan fingerprint density at radius 3 is 2.60 bits per heavy atom. The molecule has 0 unspecified atom stereocenters. The van der Waals surface area contributed by atoms with Crippen LogP contribution < -0.4 is 16.4 Å². The summed E-state index contributed by atoms with van der Waals surface area (Å²) in [7, 11) is 0. The van der Waals surface area contributed by atoms with Gasteiger partial charge in [0, 0.05) is 31.3 Å². The van der Waals surface area contributed by atoms with Gasteiger partial charge in [-0.1, -0.05) is 20.8 Å². The molecule has 0 aliphatic rings. The smallest absolute Gasteiger partial charge is 0.222 e. The first-order valence-corrected chi connectivity index (χ1v) is 6.88. The van der Waals surface area contributed by atoms with Crippen LogP contribution in [0.3, 0.4) is 0 Å². The number of anilines is 2. The molecule has 0 spiro atoms. The second-order valence-corrected chi connectivity index (χ2v) is 6.12. The van der Waals surface area contributed by atoms with Crippen LogP contribution in [-0.2, 0) is 4.79 Å². The molecule has 0 aliphatic heterocycles. The summed E-state index contributed by atoms with van der Waals surface area (Å²) in [6.45, 7) is 9.41. The van der Waals surface area contributed by atoms with Crippen LogP contribution in [0.4, 0.5) is 11.8 Å². The number of nitrogens with two attached hydrogens (primary N) is 1. The van der Waals surface area contributed by atoms with Gasteiger partial charge in [0.2, 0.25) is 11.9 Å². The van der Waals surface area contributed by atoms with Gasteiger partial charge >= 0.3 is 0 Å². The fraction of sp³-hybridized carbons (Fsp3) is 0.643. The number of nitrogens with zero attached hydrogens (tertiary/aromatic N) is 2. The molecular weight excluding hydrogens is 254 g/mol. The lowest BCUT2D eigenvalue weighted by atomic mass is 9.92. The van der Waals surface area contributed by atoms with Crippen molar-refractivity contribution in [3.05, 3.63) is 11.8 Å². The van der Waals surface area contributed by atoms with Gasteiger partial charge in [-0.15, -0.1) is 0 Å². The first kappa shape index (κ1) is 16.2. The molecule has 0 fully saturated rings. The average Bonchev–Trinajstić information content (AvgIpc) is 2.24. The summed E-state index contributed by atoms with van der Waals surface area (Å²) in [4.78, 5) is 19.7. The van der Waals surface area contributed by atoms with Gasteiger partial charge < -0.3 is 16.4 Å². The van der Waals surface area contributed by atoms with E-state index in [1.807, 2.05) is 13.0 Å². The number of aryl methyl sites for hydroxylation is 1. The Morgan fingerprint density at radius 2 is 2.00 bits per heavy atom. The fourth-order valence-electron chi connectivity index (χ4n) is 1.76. The number of nitrogen functional groups attached to an aromatic ring is 1. The number of rotatable bonds is 6. The van der Waals surface area contributed by atoms with Gasteiger partial charge in [0.25, 0.3) is 0 Å². The molecule has 0 saturated heterocycles. The Morgan fingerprint density at radius 1 is 1.30 bits per heavy atom. The first-order chi connectivity index (χ1) is 9.26. The Hall–Kier alpha value is -1.85. The summed E-state index contributed by atoms with van der Waals surface area (Å²) in [5.41, 5.74) is 6.43. The van der Waals surface area contributed by atoms with E-state index in [-0.39, 0.29) is 17.3 Å². The van der Waals surface area contributed by atoms with Gasteiger partial charge in [0.15, 0.2) is 0 Å². The van der Waals surface area contributed by atoms with Crippen molar-refractivity contribution in [2.45, 2.75) is 40.5 Å². The van der Waals surface area contributed by atoms with Crippen LogP contribution in [0.1, 0.15) is 39.3 Å². The number of amides is 1. The van der Waals surface area contributed by atoms with E-state index in [4.69, 9.17) is 5.73 Å². The number of carbonyl (C=O) groups excluding carboxylic acids is 1. The highest BCUT2D eigenvalue weighted by Crippen LogP contribution is 2.17. The van der Waals surface area contributed by atoms with Crippen LogP contribution >= 0.6 is 0 Å². The van der Waals surface area contributed by atoms with E-state index < -0.39 is 0 Å². The monoisotopic (exact) mass is 279 g/mol. The van der Waals surface area contributed by atoms with Crippen molar-refractivity contribution in [3.63, 3.8) is 0 Å². The van der Waals surface area contributed by atoms with Gasteiger partial charge in [0.1, 0.15) is 5.82 Å². The molecule has 0 aromatic carbocycles. The highest BCUT2D eigenvalue weighted by molar-refractivity contribution is 5.76. The Bertz CT molecular complexity index is 433. The van der Waals surface area contributed by atoms with Gasteiger partial charge in [-0.05, 0) is 18.8 Å². The first-order valence-electron chi connectivity index (χ1n) is 6.88. The molecule has 1 aromatic rings. The van der Waals surface area contributed by atoms with Crippen molar-refractivity contribution < 1.29 is 4.79 Å². The molecule has 6 nitrogen and oxygen atoms in total. The third-order valence-corrected chi connectivity index (χ3v) is 2.54. The van der Waals surface area contributed by atoms with Crippen molar-refractivity contribution in [1.29, 1.82) is 0 Å². The number of hydrogen-bond acceptors (Lipinski definition) is 5. The number of nitrogens with one attached hydrogen (secondary N) is 2. The molecule has 4 N–H and O–H groups in total. The normalized spacial score (nSPS) is 11.2. The van der Waals surface area contributed by atoms with Gasteiger partial charge in [-0.25, -0.2) is 4.98 Å². The molecule has 6 heteroatoms. The third-order valence-electron chi connectivity index (χ3n) is 2.54. The van der Waals surface area contributed by atoms with Gasteiger partial charge in [-0.3, -0.25) is 4.79 Å². The quantitative estimate of drug-likeness (QED) is 0.689. The summed E-state index contributed by atoms with van der Waals surface area (Å²) < 4.78 is 0. The average molecular weight is 279 g/mol. The second-order valence-electron chi connectivity index (χ2n) is 6.12. The molecule has 0 radical (unpaired) electrons. The Balaban J connectivity index is 2.20. The summed E-state index contributed by atoms with van der Waals surface area (Å²) in [5.74, 6) is 1.08. The zero-order valence-corrected chi connectivity index (χ0v) is 12.8. The van der Waals surface area contributed by atoms with Crippen molar-refractivity contribution in [1.82, 2.24) is 15.3 Å². The lowest BCUT2D eigenvalue weighted by Crippen LogP contribution is -2.29. The van der Waals surface area contributed by atoms with E-state index >= 15 is 0 Å². The fourth-order valence-corrected chi connectivity index (χ4v) is 1.76. The topological polar surface area (TPSA) is 92.9 Å². The highest BCUT2D eigenvalue weighted by Gasteiger charge is 2.15. The van der Waals surface area contributed by atoms with Crippen molar-refractivity contribution in [2.24, 2.45) is 5.41 Å². The molecule has 1 rings (SSSR count). The van der Waals surface area contributed by atoms with Crippen LogP contribution in [0.2, 0.25) is 0 Å². The Labute approximate surface area is 120 Å². The highest BCUT2D eigenvalue weighted by atomic mass is 16.1. The maximum absolute atomic E-state index is 11.6.